The monoisotopic (exact) mass is 455 g/mol. The van der Waals surface area contributed by atoms with Gasteiger partial charge in [0.1, 0.15) is 6.04 Å². The van der Waals surface area contributed by atoms with Gasteiger partial charge in [0.05, 0.1) is 10.9 Å². The molecule has 0 aliphatic carbocycles. The van der Waals surface area contributed by atoms with Crippen molar-refractivity contribution in [1.29, 1.82) is 0 Å². The topological polar surface area (TPSA) is 61.4 Å². The molecule has 2 N–H and O–H groups in total. The SMILES string of the molecule is CN(C)[C@@H](CNC(=O)[C@@H](Cc1ccccc1)NC(=O)c1cccs1)c1ccccc1Cl. The first-order chi connectivity index (χ1) is 15.0. The molecule has 0 aliphatic heterocycles. The summed E-state index contributed by atoms with van der Waals surface area (Å²) in [6.45, 7) is 0.371. The molecule has 0 saturated carbocycles. The summed E-state index contributed by atoms with van der Waals surface area (Å²) in [5, 5.41) is 8.40. The molecule has 3 rings (SSSR count). The maximum atomic E-state index is 13.1. The van der Waals surface area contributed by atoms with Gasteiger partial charge in [-0.25, -0.2) is 0 Å². The number of benzene rings is 2. The molecule has 0 spiro atoms. The summed E-state index contributed by atoms with van der Waals surface area (Å²) in [5.74, 6) is -0.478. The summed E-state index contributed by atoms with van der Waals surface area (Å²) in [5.41, 5.74) is 1.92. The van der Waals surface area contributed by atoms with E-state index in [2.05, 4.69) is 10.6 Å². The van der Waals surface area contributed by atoms with E-state index in [4.69, 9.17) is 11.6 Å². The molecule has 31 heavy (non-hydrogen) atoms. The quantitative estimate of drug-likeness (QED) is 0.509. The number of hydrogen-bond donors (Lipinski definition) is 2. The highest BCUT2D eigenvalue weighted by atomic mass is 35.5. The van der Waals surface area contributed by atoms with Crippen molar-refractivity contribution in [3.8, 4) is 0 Å². The Labute approximate surface area is 192 Å². The van der Waals surface area contributed by atoms with E-state index in [9.17, 15) is 9.59 Å². The van der Waals surface area contributed by atoms with Gasteiger partial charge in [0.25, 0.3) is 5.91 Å². The number of rotatable bonds is 9. The molecule has 1 aromatic heterocycles. The standard InChI is InChI=1S/C24H26ClN3O2S/c1-28(2)21(18-11-6-7-12-19(18)25)16-26-23(29)20(15-17-9-4-3-5-10-17)27-24(30)22-13-8-14-31-22/h3-14,20-21H,15-16H2,1-2H3,(H,26,29)(H,27,30)/t20-,21+/m1/s1. The number of hydrogen-bond acceptors (Lipinski definition) is 4. The number of carbonyl (C=O) groups excluding carboxylic acids is 2. The van der Waals surface area contributed by atoms with Gasteiger partial charge in [0, 0.05) is 18.0 Å². The number of halogens is 1. The van der Waals surface area contributed by atoms with Crippen LogP contribution in [0.15, 0.2) is 72.1 Å². The number of carbonyl (C=O) groups is 2. The minimum atomic E-state index is -0.689. The molecule has 2 aromatic carbocycles. The van der Waals surface area contributed by atoms with Crippen LogP contribution in [0.25, 0.3) is 0 Å². The van der Waals surface area contributed by atoms with Crippen LogP contribution in [0.2, 0.25) is 5.02 Å². The van der Waals surface area contributed by atoms with Crippen LogP contribution in [0.4, 0.5) is 0 Å². The minimum Gasteiger partial charge on any atom is -0.352 e. The molecular formula is C24H26ClN3O2S. The predicted molar refractivity (Wildman–Crippen MR) is 127 cm³/mol. The van der Waals surface area contributed by atoms with Crippen LogP contribution in [-0.4, -0.2) is 43.4 Å². The van der Waals surface area contributed by atoms with Crippen molar-refractivity contribution in [2.24, 2.45) is 0 Å². The Hall–Kier alpha value is -2.67. The maximum absolute atomic E-state index is 13.1. The Morgan fingerprint density at radius 3 is 2.35 bits per heavy atom. The van der Waals surface area contributed by atoms with Gasteiger partial charge in [0.2, 0.25) is 5.91 Å². The second kappa shape index (κ2) is 11.1. The molecular weight excluding hydrogens is 430 g/mol. The molecule has 7 heteroatoms. The lowest BCUT2D eigenvalue weighted by atomic mass is 10.0. The summed E-state index contributed by atoms with van der Waals surface area (Å²) >= 11 is 7.73. The van der Waals surface area contributed by atoms with Crippen molar-refractivity contribution in [3.05, 3.63) is 93.1 Å². The van der Waals surface area contributed by atoms with E-state index in [1.165, 1.54) is 11.3 Å². The van der Waals surface area contributed by atoms with Crippen molar-refractivity contribution in [1.82, 2.24) is 15.5 Å². The zero-order valence-electron chi connectivity index (χ0n) is 17.5. The Kier molecular flexibility index (Phi) is 8.23. The summed E-state index contributed by atoms with van der Waals surface area (Å²) in [7, 11) is 3.89. The molecule has 1 heterocycles. The third kappa shape index (κ3) is 6.40. The lowest BCUT2D eigenvalue weighted by Gasteiger charge is -2.27. The average Bonchev–Trinajstić information content (AvgIpc) is 3.30. The fourth-order valence-corrected chi connectivity index (χ4v) is 4.22. The van der Waals surface area contributed by atoms with Gasteiger partial charge in [-0.3, -0.25) is 9.59 Å². The Balaban J connectivity index is 1.73. The highest BCUT2D eigenvalue weighted by molar-refractivity contribution is 7.12. The van der Waals surface area contributed by atoms with Crippen molar-refractivity contribution in [3.63, 3.8) is 0 Å². The average molecular weight is 456 g/mol. The second-order valence-corrected chi connectivity index (χ2v) is 8.79. The molecule has 0 saturated heterocycles. The molecule has 5 nitrogen and oxygen atoms in total. The van der Waals surface area contributed by atoms with Gasteiger partial charge >= 0.3 is 0 Å². The van der Waals surface area contributed by atoms with Crippen LogP contribution in [0.3, 0.4) is 0 Å². The van der Waals surface area contributed by atoms with E-state index >= 15 is 0 Å². The van der Waals surface area contributed by atoms with Crippen LogP contribution in [0.1, 0.15) is 26.8 Å². The molecule has 2 atom stereocenters. The first-order valence-electron chi connectivity index (χ1n) is 10.0. The highest BCUT2D eigenvalue weighted by Crippen LogP contribution is 2.25. The second-order valence-electron chi connectivity index (χ2n) is 7.44. The number of amides is 2. The van der Waals surface area contributed by atoms with E-state index < -0.39 is 6.04 Å². The predicted octanol–water partition coefficient (Wildman–Crippen LogP) is 4.16. The van der Waals surface area contributed by atoms with Gasteiger partial charge in [-0.15, -0.1) is 11.3 Å². The Morgan fingerprint density at radius 2 is 1.71 bits per heavy atom. The van der Waals surface area contributed by atoms with E-state index in [1.54, 1.807) is 6.07 Å². The lowest BCUT2D eigenvalue weighted by Crippen LogP contribution is -2.49. The van der Waals surface area contributed by atoms with Gasteiger partial charge in [0.15, 0.2) is 0 Å². The van der Waals surface area contributed by atoms with Crippen molar-refractivity contribution in [2.45, 2.75) is 18.5 Å². The Bertz CT molecular complexity index is 993. The molecule has 0 fully saturated rings. The summed E-state index contributed by atoms with van der Waals surface area (Å²) in [6.07, 6.45) is 0.405. The molecule has 162 valence electrons. The highest BCUT2D eigenvalue weighted by Gasteiger charge is 2.24. The first kappa shape index (κ1) is 23.0. The smallest absolute Gasteiger partial charge is 0.262 e. The van der Waals surface area contributed by atoms with Crippen molar-refractivity contribution in [2.75, 3.05) is 20.6 Å². The van der Waals surface area contributed by atoms with Crippen molar-refractivity contribution >= 4 is 34.8 Å². The summed E-state index contributed by atoms with van der Waals surface area (Å²) < 4.78 is 0. The van der Waals surface area contributed by atoms with E-state index in [0.29, 0.717) is 22.9 Å². The van der Waals surface area contributed by atoms with Crippen LogP contribution in [0, 0.1) is 0 Å². The van der Waals surface area contributed by atoms with E-state index in [0.717, 1.165) is 11.1 Å². The zero-order valence-corrected chi connectivity index (χ0v) is 19.1. The molecule has 0 bridgehead atoms. The minimum absolute atomic E-state index is 0.0944. The van der Waals surface area contributed by atoms with E-state index in [1.807, 2.05) is 85.0 Å². The largest absolute Gasteiger partial charge is 0.352 e. The van der Waals surface area contributed by atoms with Crippen LogP contribution in [0.5, 0.6) is 0 Å². The number of likely N-dealkylation sites (N-methyl/N-ethyl adjacent to an activating group) is 1. The van der Waals surface area contributed by atoms with Crippen LogP contribution >= 0.6 is 22.9 Å². The molecule has 0 unspecified atom stereocenters. The van der Waals surface area contributed by atoms with Crippen LogP contribution in [-0.2, 0) is 11.2 Å². The normalized spacial score (nSPS) is 12.9. The zero-order chi connectivity index (χ0) is 22.2. The summed E-state index contributed by atoms with van der Waals surface area (Å²) in [4.78, 5) is 28.3. The molecule has 2 amide bonds. The van der Waals surface area contributed by atoms with Crippen LogP contribution < -0.4 is 10.6 Å². The molecule has 0 radical (unpaired) electrons. The third-order valence-electron chi connectivity index (χ3n) is 5.01. The number of thiophene rings is 1. The Morgan fingerprint density at radius 1 is 1.00 bits per heavy atom. The fraction of sp³-hybridized carbons (Fsp3) is 0.250. The van der Waals surface area contributed by atoms with Gasteiger partial charge in [-0.05, 0) is 42.7 Å². The number of nitrogens with zero attached hydrogens (tertiary/aromatic N) is 1. The van der Waals surface area contributed by atoms with Gasteiger partial charge in [-0.2, -0.15) is 0 Å². The lowest BCUT2D eigenvalue weighted by molar-refractivity contribution is -0.123. The van der Waals surface area contributed by atoms with Gasteiger partial charge < -0.3 is 15.5 Å². The number of nitrogens with one attached hydrogen (secondary N) is 2. The molecule has 0 aliphatic rings. The fourth-order valence-electron chi connectivity index (χ4n) is 3.33. The molecule has 3 aromatic rings. The van der Waals surface area contributed by atoms with Crippen molar-refractivity contribution < 1.29 is 9.59 Å². The first-order valence-corrected chi connectivity index (χ1v) is 11.3. The van der Waals surface area contributed by atoms with E-state index in [-0.39, 0.29) is 17.9 Å². The summed E-state index contributed by atoms with van der Waals surface area (Å²) in [6, 6.07) is 20.1. The maximum Gasteiger partial charge on any atom is 0.262 e. The third-order valence-corrected chi connectivity index (χ3v) is 6.22. The van der Waals surface area contributed by atoms with Gasteiger partial charge in [-0.1, -0.05) is 66.2 Å².